The van der Waals surface area contributed by atoms with E-state index >= 15 is 0 Å². The van der Waals surface area contributed by atoms with Gasteiger partial charge in [0.15, 0.2) is 0 Å². The maximum absolute atomic E-state index is 4.53. The number of nitrogens with one attached hydrogen (secondary N) is 1. The number of hydrogen-bond donors (Lipinski definition) is 1. The molecule has 2 saturated heterocycles. The van der Waals surface area contributed by atoms with Crippen molar-refractivity contribution in [2.24, 2.45) is 0 Å². The lowest BCUT2D eigenvalue weighted by Gasteiger charge is -2.35. The van der Waals surface area contributed by atoms with Crippen molar-refractivity contribution in [1.29, 1.82) is 0 Å². The van der Waals surface area contributed by atoms with Gasteiger partial charge in [0.25, 0.3) is 0 Å². The largest absolute Gasteiger partial charge is 0.359 e. The van der Waals surface area contributed by atoms with E-state index in [2.05, 4.69) is 32.9 Å². The van der Waals surface area contributed by atoms with Crippen LogP contribution in [0.15, 0.2) is 6.20 Å². The molecule has 2 atom stereocenters. The molecule has 0 saturated carbocycles. The van der Waals surface area contributed by atoms with Crippen LogP contribution in [0.3, 0.4) is 0 Å². The SMILES string of the molecule is CNc1nc(C)cn1C1CCN2CCCC2C1. The summed E-state index contributed by atoms with van der Waals surface area (Å²) >= 11 is 0. The van der Waals surface area contributed by atoms with Crippen LogP contribution >= 0.6 is 0 Å². The molecule has 0 radical (unpaired) electrons. The van der Waals surface area contributed by atoms with Crippen LogP contribution in [0.2, 0.25) is 0 Å². The summed E-state index contributed by atoms with van der Waals surface area (Å²) in [5.41, 5.74) is 1.11. The number of imidazole rings is 1. The lowest BCUT2D eigenvalue weighted by atomic mass is 9.97. The Balaban J connectivity index is 1.79. The van der Waals surface area contributed by atoms with Gasteiger partial charge in [0, 0.05) is 31.9 Å². The zero-order valence-corrected chi connectivity index (χ0v) is 10.8. The maximum atomic E-state index is 4.53. The molecule has 1 aromatic rings. The third-order valence-electron chi connectivity index (χ3n) is 4.26. The van der Waals surface area contributed by atoms with Gasteiger partial charge in [0.1, 0.15) is 0 Å². The van der Waals surface area contributed by atoms with Crippen LogP contribution in [0, 0.1) is 6.92 Å². The lowest BCUT2D eigenvalue weighted by Crippen LogP contribution is -2.38. The molecule has 2 aliphatic heterocycles. The Labute approximate surface area is 103 Å². The number of piperidine rings is 1. The Hall–Kier alpha value is -1.03. The van der Waals surface area contributed by atoms with Crippen molar-refractivity contribution in [3.8, 4) is 0 Å². The number of anilines is 1. The van der Waals surface area contributed by atoms with E-state index in [9.17, 15) is 0 Å². The normalized spacial score (nSPS) is 29.3. The molecule has 0 aliphatic carbocycles. The van der Waals surface area contributed by atoms with E-state index in [0.717, 1.165) is 17.7 Å². The minimum absolute atomic E-state index is 0.637. The first-order valence-electron chi connectivity index (χ1n) is 6.75. The van der Waals surface area contributed by atoms with Crippen LogP contribution in [0.25, 0.3) is 0 Å². The number of aryl methyl sites for hydroxylation is 1. The van der Waals surface area contributed by atoms with Gasteiger partial charge in [-0.3, -0.25) is 0 Å². The van der Waals surface area contributed by atoms with Gasteiger partial charge in [-0.05, 0) is 39.2 Å². The summed E-state index contributed by atoms with van der Waals surface area (Å²) in [6.45, 7) is 4.65. The molecule has 0 aromatic carbocycles. The highest BCUT2D eigenvalue weighted by molar-refractivity contribution is 5.28. The van der Waals surface area contributed by atoms with E-state index in [1.54, 1.807) is 0 Å². The third kappa shape index (κ3) is 1.95. The molecule has 17 heavy (non-hydrogen) atoms. The van der Waals surface area contributed by atoms with Gasteiger partial charge in [0.05, 0.1) is 5.69 Å². The highest BCUT2D eigenvalue weighted by Gasteiger charge is 2.32. The summed E-state index contributed by atoms with van der Waals surface area (Å²) in [7, 11) is 1.96. The Morgan fingerprint density at radius 3 is 3.00 bits per heavy atom. The van der Waals surface area contributed by atoms with Gasteiger partial charge in [-0.2, -0.15) is 0 Å². The van der Waals surface area contributed by atoms with Gasteiger partial charge in [-0.25, -0.2) is 4.98 Å². The Morgan fingerprint density at radius 1 is 1.29 bits per heavy atom. The molecule has 2 fully saturated rings. The van der Waals surface area contributed by atoms with E-state index in [1.165, 1.54) is 38.8 Å². The maximum Gasteiger partial charge on any atom is 0.203 e. The Kier molecular flexibility index (Phi) is 2.82. The van der Waals surface area contributed by atoms with Crippen LogP contribution in [0.5, 0.6) is 0 Å². The van der Waals surface area contributed by atoms with Crippen LogP contribution in [-0.4, -0.2) is 40.6 Å². The second-order valence-electron chi connectivity index (χ2n) is 5.37. The first kappa shape index (κ1) is 11.1. The molecule has 2 unspecified atom stereocenters. The summed E-state index contributed by atoms with van der Waals surface area (Å²) in [4.78, 5) is 7.19. The number of nitrogens with zero attached hydrogens (tertiary/aromatic N) is 3. The van der Waals surface area contributed by atoms with E-state index in [4.69, 9.17) is 0 Å². The summed E-state index contributed by atoms with van der Waals surface area (Å²) in [5, 5.41) is 3.21. The molecule has 4 nitrogen and oxygen atoms in total. The van der Waals surface area contributed by atoms with Gasteiger partial charge in [-0.1, -0.05) is 0 Å². The lowest BCUT2D eigenvalue weighted by molar-refractivity contribution is 0.156. The second kappa shape index (κ2) is 4.33. The van der Waals surface area contributed by atoms with Crippen LogP contribution < -0.4 is 5.32 Å². The van der Waals surface area contributed by atoms with Gasteiger partial charge in [-0.15, -0.1) is 0 Å². The van der Waals surface area contributed by atoms with Crippen molar-refractivity contribution in [1.82, 2.24) is 14.5 Å². The molecule has 4 heteroatoms. The molecule has 1 N–H and O–H groups in total. The van der Waals surface area contributed by atoms with E-state index in [1.807, 2.05) is 7.05 Å². The molecule has 94 valence electrons. The van der Waals surface area contributed by atoms with Gasteiger partial charge >= 0.3 is 0 Å². The fraction of sp³-hybridized carbons (Fsp3) is 0.769. The number of fused-ring (bicyclic) bond motifs is 1. The smallest absolute Gasteiger partial charge is 0.203 e. The fourth-order valence-electron chi connectivity index (χ4n) is 3.44. The molecule has 1 aromatic heterocycles. The number of rotatable bonds is 2. The van der Waals surface area contributed by atoms with Crippen LogP contribution in [-0.2, 0) is 0 Å². The molecule has 0 amide bonds. The molecule has 2 aliphatic rings. The number of hydrogen-bond acceptors (Lipinski definition) is 3. The van der Waals surface area contributed by atoms with E-state index in [0.29, 0.717) is 6.04 Å². The third-order valence-corrected chi connectivity index (χ3v) is 4.26. The van der Waals surface area contributed by atoms with Crippen LogP contribution in [0.1, 0.15) is 37.4 Å². The topological polar surface area (TPSA) is 33.1 Å². The Bertz CT molecular complexity index is 398. The Morgan fingerprint density at radius 2 is 2.18 bits per heavy atom. The van der Waals surface area contributed by atoms with Crippen molar-refractivity contribution in [3.05, 3.63) is 11.9 Å². The fourth-order valence-corrected chi connectivity index (χ4v) is 3.44. The standard InChI is InChI=1S/C13H22N4/c1-10-9-17(13(14-2)15-10)12-5-7-16-6-3-4-11(16)8-12/h9,11-12H,3-8H2,1-2H3,(H,14,15). The summed E-state index contributed by atoms with van der Waals surface area (Å²) in [6.07, 6.45) is 7.53. The highest BCUT2D eigenvalue weighted by atomic mass is 15.2. The summed E-state index contributed by atoms with van der Waals surface area (Å²) in [5.74, 6) is 1.03. The molecular weight excluding hydrogens is 212 g/mol. The zero-order chi connectivity index (χ0) is 11.8. The quantitative estimate of drug-likeness (QED) is 0.850. The molecule has 3 rings (SSSR count). The molecule has 3 heterocycles. The minimum atomic E-state index is 0.637. The summed E-state index contributed by atoms with van der Waals surface area (Å²) < 4.78 is 2.35. The van der Waals surface area contributed by atoms with Crippen molar-refractivity contribution in [2.45, 2.75) is 44.7 Å². The van der Waals surface area contributed by atoms with Gasteiger partial charge < -0.3 is 14.8 Å². The van der Waals surface area contributed by atoms with E-state index < -0.39 is 0 Å². The zero-order valence-electron chi connectivity index (χ0n) is 10.8. The van der Waals surface area contributed by atoms with Crippen molar-refractivity contribution >= 4 is 5.95 Å². The van der Waals surface area contributed by atoms with Crippen LogP contribution in [0.4, 0.5) is 5.95 Å². The number of aromatic nitrogens is 2. The average molecular weight is 234 g/mol. The van der Waals surface area contributed by atoms with Crippen molar-refractivity contribution in [3.63, 3.8) is 0 Å². The molecule has 0 spiro atoms. The predicted molar refractivity (Wildman–Crippen MR) is 69.4 cm³/mol. The van der Waals surface area contributed by atoms with Crippen molar-refractivity contribution in [2.75, 3.05) is 25.5 Å². The van der Waals surface area contributed by atoms with Gasteiger partial charge in [0.2, 0.25) is 5.95 Å². The molecular formula is C13H22N4. The highest BCUT2D eigenvalue weighted by Crippen LogP contribution is 2.34. The predicted octanol–water partition coefficient (Wildman–Crippen LogP) is 2.03. The molecule has 0 bridgehead atoms. The second-order valence-corrected chi connectivity index (χ2v) is 5.37. The average Bonchev–Trinajstić information content (AvgIpc) is 2.93. The first-order valence-corrected chi connectivity index (χ1v) is 6.75. The summed E-state index contributed by atoms with van der Waals surface area (Å²) in [6, 6.07) is 1.46. The van der Waals surface area contributed by atoms with E-state index in [-0.39, 0.29) is 0 Å². The monoisotopic (exact) mass is 234 g/mol. The minimum Gasteiger partial charge on any atom is -0.359 e. The first-order chi connectivity index (χ1) is 8.28. The van der Waals surface area contributed by atoms with Crippen molar-refractivity contribution < 1.29 is 0 Å².